The van der Waals surface area contributed by atoms with E-state index in [-0.39, 0.29) is 11.4 Å². The van der Waals surface area contributed by atoms with Gasteiger partial charge in [-0.1, -0.05) is 42.9 Å². The minimum Gasteiger partial charge on any atom is -0.355 e. The van der Waals surface area contributed by atoms with Crippen LogP contribution in [-0.2, 0) is 4.79 Å². The summed E-state index contributed by atoms with van der Waals surface area (Å²) in [6.07, 6.45) is 4.84. The summed E-state index contributed by atoms with van der Waals surface area (Å²) < 4.78 is 0.832. The van der Waals surface area contributed by atoms with Gasteiger partial charge in [-0.15, -0.1) is 10.2 Å². The van der Waals surface area contributed by atoms with Crippen LogP contribution in [0.15, 0.2) is 4.34 Å². The number of carbonyl (C=O) groups excluding carboxylic acids is 1. The molecule has 2 unspecified atom stereocenters. The van der Waals surface area contributed by atoms with E-state index in [1.165, 1.54) is 42.4 Å². The SMILES string of the molecule is CC1CCCCC1NC(=O)CSc1nnc(NC(C)(C)C)s1. The molecule has 0 saturated heterocycles. The molecule has 1 aliphatic carbocycles. The number of hydrogen-bond acceptors (Lipinski definition) is 6. The highest BCUT2D eigenvalue weighted by Gasteiger charge is 2.23. The fraction of sp³-hybridized carbons (Fsp3) is 0.800. The number of anilines is 1. The van der Waals surface area contributed by atoms with E-state index in [4.69, 9.17) is 0 Å². The molecule has 124 valence electrons. The zero-order chi connectivity index (χ0) is 16.2. The third-order valence-corrected chi connectivity index (χ3v) is 5.65. The lowest BCUT2D eigenvalue weighted by atomic mass is 9.86. The van der Waals surface area contributed by atoms with Crippen molar-refractivity contribution in [2.75, 3.05) is 11.1 Å². The first kappa shape index (κ1) is 17.5. The van der Waals surface area contributed by atoms with Crippen molar-refractivity contribution in [2.45, 2.75) is 69.3 Å². The van der Waals surface area contributed by atoms with Crippen LogP contribution < -0.4 is 10.6 Å². The Morgan fingerprint density at radius 1 is 1.32 bits per heavy atom. The third kappa shape index (κ3) is 5.76. The molecule has 1 aliphatic rings. The number of amides is 1. The van der Waals surface area contributed by atoms with Crippen LogP contribution in [0.2, 0.25) is 0 Å². The molecule has 0 aromatic carbocycles. The molecular weight excluding hydrogens is 316 g/mol. The molecule has 0 aliphatic heterocycles. The molecule has 0 spiro atoms. The molecule has 1 saturated carbocycles. The first-order chi connectivity index (χ1) is 10.3. The minimum atomic E-state index is -0.0318. The average Bonchev–Trinajstić information content (AvgIpc) is 2.84. The van der Waals surface area contributed by atoms with Crippen LogP contribution >= 0.6 is 23.1 Å². The van der Waals surface area contributed by atoms with Gasteiger partial charge in [0.25, 0.3) is 0 Å². The van der Waals surface area contributed by atoms with Gasteiger partial charge in [0, 0.05) is 11.6 Å². The van der Waals surface area contributed by atoms with Gasteiger partial charge in [0.15, 0.2) is 4.34 Å². The van der Waals surface area contributed by atoms with Gasteiger partial charge in [-0.2, -0.15) is 0 Å². The summed E-state index contributed by atoms with van der Waals surface area (Å²) in [5.74, 6) is 1.10. The molecule has 1 amide bonds. The summed E-state index contributed by atoms with van der Waals surface area (Å²) in [5, 5.41) is 15.5. The van der Waals surface area contributed by atoms with Crippen molar-refractivity contribution in [3.8, 4) is 0 Å². The Labute approximate surface area is 141 Å². The van der Waals surface area contributed by atoms with Crippen LogP contribution in [0.5, 0.6) is 0 Å². The molecule has 2 N–H and O–H groups in total. The molecule has 22 heavy (non-hydrogen) atoms. The predicted octanol–water partition coefficient (Wildman–Crippen LogP) is 3.54. The van der Waals surface area contributed by atoms with Crippen molar-refractivity contribution >= 4 is 34.1 Å². The summed E-state index contributed by atoms with van der Waals surface area (Å²) in [6, 6.07) is 0.342. The monoisotopic (exact) mass is 342 g/mol. The lowest BCUT2D eigenvalue weighted by molar-refractivity contribution is -0.119. The van der Waals surface area contributed by atoms with Crippen molar-refractivity contribution < 1.29 is 4.79 Å². The van der Waals surface area contributed by atoms with Crippen molar-refractivity contribution in [3.63, 3.8) is 0 Å². The Kier molecular flexibility index (Phi) is 6.09. The van der Waals surface area contributed by atoms with E-state index in [0.29, 0.717) is 17.7 Å². The second-order valence-corrected chi connectivity index (χ2v) is 9.17. The molecule has 1 fully saturated rings. The number of aromatic nitrogens is 2. The molecule has 2 atom stereocenters. The van der Waals surface area contributed by atoms with Crippen LogP contribution in [0, 0.1) is 5.92 Å². The van der Waals surface area contributed by atoms with Gasteiger partial charge in [-0.25, -0.2) is 0 Å². The molecule has 1 heterocycles. The van der Waals surface area contributed by atoms with E-state index in [2.05, 4.69) is 48.5 Å². The van der Waals surface area contributed by atoms with Crippen LogP contribution in [-0.4, -0.2) is 33.4 Å². The van der Waals surface area contributed by atoms with Crippen LogP contribution in [0.3, 0.4) is 0 Å². The quantitative estimate of drug-likeness (QED) is 0.801. The fourth-order valence-corrected chi connectivity index (χ4v) is 4.32. The summed E-state index contributed by atoms with van der Waals surface area (Å²) in [5.41, 5.74) is -0.0318. The standard InChI is InChI=1S/C15H26N4OS2/c1-10-7-5-6-8-11(10)16-12(20)9-21-14-19-18-13(22-14)17-15(2,3)4/h10-11H,5-9H2,1-4H3,(H,16,20)(H,17,18). The molecular formula is C15H26N4OS2. The lowest BCUT2D eigenvalue weighted by Gasteiger charge is -2.29. The van der Waals surface area contributed by atoms with Gasteiger partial charge in [-0.05, 0) is 39.5 Å². The van der Waals surface area contributed by atoms with E-state index in [1.807, 2.05) is 0 Å². The normalized spacial score (nSPS) is 22.4. The molecule has 0 bridgehead atoms. The third-order valence-electron chi connectivity index (χ3n) is 3.67. The smallest absolute Gasteiger partial charge is 0.230 e. The van der Waals surface area contributed by atoms with Gasteiger partial charge < -0.3 is 10.6 Å². The highest BCUT2D eigenvalue weighted by Crippen LogP contribution is 2.27. The predicted molar refractivity (Wildman–Crippen MR) is 93.6 cm³/mol. The van der Waals surface area contributed by atoms with Gasteiger partial charge in [0.1, 0.15) is 0 Å². The van der Waals surface area contributed by atoms with Crippen molar-refractivity contribution in [1.29, 1.82) is 0 Å². The van der Waals surface area contributed by atoms with Crippen molar-refractivity contribution in [1.82, 2.24) is 15.5 Å². The summed E-state index contributed by atoms with van der Waals surface area (Å²) in [6.45, 7) is 8.48. The molecule has 1 aromatic heterocycles. The maximum absolute atomic E-state index is 12.1. The Bertz CT molecular complexity index is 498. The van der Waals surface area contributed by atoms with E-state index >= 15 is 0 Å². The number of rotatable bonds is 5. The number of nitrogens with zero attached hydrogens (tertiary/aromatic N) is 2. The van der Waals surface area contributed by atoms with E-state index < -0.39 is 0 Å². The Hall–Kier alpha value is -0.820. The summed E-state index contributed by atoms with van der Waals surface area (Å²) in [4.78, 5) is 12.1. The largest absolute Gasteiger partial charge is 0.355 e. The molecule has 0 radical (unpaired) electrons. The zero-order valence-electron chi connectivity index (χ0n) is 13.8. The minimum absolute atomic E-state index is 0.0318. The molecule has 5 nitrogen and oxygen atoms in total. The second kappa shape index (κ2) is 7.64. The van der Waals surface area contributed by atoms with E-state index in [9.17, 15) is 4.79 Å². The number of nitrogens with one attached hydrogen (secondary N) is 2. The van der Waals surface area contributed by atoms with E-state index in [0.717, 1.165) is 15.9 Å². The zero-order valence-corrected chi connectivity index (χ0v) is 15.4. The van der Waals surface area contributed by atoms with Gasteiger partial charge >= 0.3 is 0 Å². The van der Waals surface area contributed by atoms with Crippen LogP contribution in [0.1, 0.15) is 53.4 Å². The highest BCUT2D eigenvalue weighted by atomic mass is 32.2. The Balaban J connectivity index is 1.76. The Morgan fingerprint density at radius 3 is 2.73 bits per heavy atom. The Morgan fingerprint density at radius 2 is 2.05 bits per heavy atom. The molecule has 7 heteroatoms. The molecule has 2 rings (SSSR count). The average molecular weight is 343 g/mol. The maximum atomic E-state index is 12.1. The molecule has 1 aromatic rings. The summed E-state index contributed by atoms with van der Waals surface area (Å²) >= 11 is 2.96. The lowest BCUT2D eigenvalue weighted by Crippen LogP contribution is -2.41. The van der Waals surface area contributed by atoms with Crippen LogP contribution in [0.25, 0.3) is 0 Å². The first-order valence-corrected chi connectivity index (χ1v) is 9.67. The van der Waals surface area contributed by atoms with Crippen molar-refractivity contribution in [3.05, 3.63) is 0 Å². The van der Waals surface area contributed by atoms with Crippen LogP contribution in [0.4, 0.5) is 5.13 Å². The topological polar surface area (TPSA) is 66.9 Å². The van der Waals surface area contributed by atoms with E-state index in [1.54, 1.807) is 0 Å². The number of carbonyl (C=O) groups is 1. The first-order valence-electron chi connectivity index (χ1n) is 7.87. The highest BCUT2D eigenvalue weighted by molar-refractivity contribution is 8.01. The second-order valence-electron chi connectivity index (χ2n) is 6.97. The van der Waals surface area contributed by atoms with Gasteiger partial charge in [0.05, 0.1) is 5.75 Å². The number of thioether (sulfide) groups is 1. The van der Waals surface area contributed by atoms with Crippen molar-refractivity contribution in [2.24, 2.45) is 5.92 Å². The fourth-order valence-electron chi connectivity index (χ4n) is 2.55. The van der Waals surface area contributed by atoms with Gasteiger partial charge in [0.2, 0.25) is 11.0 Å². The van der Waals surface area contributed by atoms with Gasteiger partial charge in [-0.3, -0.25) is 4.79 Å². The maximum Gasteiger partial charge on any atom is 0.230 e. The number of hydrogen-bond donors (Lipinski definition) is 2. The summed E-state index contributed by atoms with van der Waals surface area (Å²) in [7, 11) is 0.